The molecule has 3 aliphatic carbocycles. The molecule has 0 aliphatic heterocycles. The van der Waals surface area contributed by atoms with E-state index in [2.05, 4.69) is 19.9 Å². The second-order valence-corrected chi connectivity index (χ2v) is 9.09. The van der Waals surface area contributed by atoms with Gasteiger partial charge >= 0.3 is 5.97 Å². The summed E-state index contributed by atoms with van der Waals surface area (Å²) in [7, 11) is 0. The van der Waals surface area contributed by atoms with E-state index in [1.807, 2.05) is 26.8 Å². The van der Waals surface area contributed by atoms with Gasteiger partial charge in [-0.2, -0.15) is 0 Å². The van der Waals surface area contributed by atoms with Gasteiger partial charge in [-0.1, -0.05) is 39.8 Å². The number of carbonyl (C=O) groups is 3. The zero-order valence-electron chi connectivity index (χ0n) is 16.7. The van der Waals surface area contributed by atoms with Crippen LogP contribution in [0.15, 0.2) is 23.3 Å². The van der Waals surface area contributed by atoms with Gasteiger partial charge in [-0.15, -0.1) is 0 Å². The van der Waals surface area contributed by atoms with Crippen molar-refractivity contribution in [3.05, 3.63) is 23.3 Å². The maximum absolute atomic E-state index is 13.2. The van der Waals surface area contributed by atoms with Crippen LogP contribution in [0.5, 0.6) is 0 Å². The van der Waals surface area contributed by atoms with Crippen molar-refractivity contribution in [1.82, 2.24) is 0 Å². The molecule has 2 saturated carbocycles. The molecule has 0 aromatic rings. The Morgan fingerprint density at radius 2 is 1.85 bits per heavy atom. The van der Waals surface area contributed by atoms with Gasteiger partial charge in [-0.25, -0.2) is 0 Å². The van der Waals surface area contributed by atoms with E-state index >= 15 is 0 Å². The van der Waals surface area contributed by atoms with Crippen molar-refractivity contribution in [2.45, 2.75) is 60.5 Å². The monoisotopic (exact) mass is 358 g/mol. The summed E-state index contributed by atoms with van der Waals surface area (Å²) in [4.78, 5) is 37.5. The Balaban J connectivity index is 2.02. The molecule has 3 aliphatic rings. The molecule has 26 heavy (non-hydrogen) atoms. The number of Topliss-reactive ketones (excluding diaryl/α,β-unsaturated/α-hetero) is 2. The maximum Gasteiger partial charge on any atom is 0.303 e. The largest absolute Gasteiger partial charge is 0.458 e. The van der Waals surface area contributed by atoms with Crippen LogP contribution in [0.3, 0.4) is 0 Å². The molecule has 6 atom stereocenters. The predicted octanol–water partition coefficient (Wildman–Crippen LogP) is 3.90. The van der Waals surface area contributed by atoms with Gasteiger partial charge in [-0.3, -0.25) is 14.4 Å². The van der Waals surface area contributed by atoms with E-state index in [1.54, 1.807) is 0 Å². The lowest BCUT2D eigenvalue weighted by Gasteiger charge is -2.20. The second-order valence-electron chi connectivity index (χ2n) is 9.09. The highest BCUT2D eigenvalue weighted by molar-refractivity contribution is 5.99. The average molecular weight is 358 g/mol. The molecule has 0 radical (unpaired) electrons. The number of ketones is 2. The van der Waals surface area contributed by atoms with Crippen molar-refractivity contribution in [1.29, 1.82) is 0 Å². The van der Waals surface area contributed by atoms with E-state index in [0.29, 0.717) is 18.8 Å². The Labute approximate surface area is 156 Å². The quantitative estimate of drug-likeness (QED) is 0.527. The average Bonchev–Trinajstić information content (AvgIpc) is 2.89. The van der Waals surface area contributed by atoms with Gasteiger partial charge in [-0.05, 0) is 47.7 Å². The molecule has 0 unspecified atom stereocenters. The number of fused-ring (bicyclic) bond motifs is 2. The van der Waals surface area contributed by atoms with E-state index in [9.17, 15) is 14.4 Å². The first-order valence-corrected chi connectivity index (χ1v) is 9.68. The fourth-order valence-electron chi connectivity index (χ4n) is 4.91. The number of allylic oxidation sites excluding steroid dienone is 3. The van der Waals surface area contributed by atoms with Crippen LogP contribution in [0.25, 0.3) is 0 Å². The minimum absolute atomic E-state index is 0.0715. The zero-order chi connectivity index (χ0) is 19.4. The van der Waals surface area contributed by atoms with Crippen molar-refractivity contribution in [3.8, 4) is 0 Å². The van der Waals surface area contributed by atoms with Crippen molar-refractivity contribution >= 4 is 17.5 Å². The summed E-state index contributed by atoms with van der Waals surface area (Å²) in [6.45, 7) is 11.5. The van der Waals surface area contributed by atoms with Crippen LogP contribution < -0.4 is 0 Å². The summed E-state index contributed by atoms with van der Waals surface area (Å²) in [6.07, 6.45) is 4.78. The maximum atomic E-state index is 13.2. The highest BCUT2D eigenvalue weighted by atomic mass is 16.5. The molecule has 0 N–H and O–H groups in total. The standard InChI is InChI=1S/C22H30O4/c1-11-7-16-15(8-13(3)21(16)26-14(4)23)20(25)12(2)9-17-18(10-19(11)24)22(17,5)6/h7,9,11,13,15,17-18,21H,8,10H2,1-6H3/b12-9+,16-7+/t11-,13-,15+,17-,18+,21-/m1/s1. The number of rotatable bonds is 1. The van der Waals surface area contributed by atoms with Crippen molar-refractivity contribution in [2.24, 2.45) is 35.0 Å². The first-order chi connectivity index (χ1) is 12.0. The van der Waals surface area contributed by atoms with Crippen LogP contribution in [-0.2, 0) is 19.1 Å². The van der Waals surface area contributed by atoms with E-state index < -0.39 is 6.10 Å². The van der Waals surface area contributed by atoms with Crippen LogP contribution in [0, 0.1) is 35.0 Å². The lowest BCUT2D eigenvalue weighted by molar-refractivity contribution is -0.146. The number of esters is 1. The van der Waals surface area contributed by atoms with Crippen LogP contribution in [0.4, 0.5) is 0 Å². The van der Waals surface area contributed by atoms with Gasteiger partial charge in [0.2, 0.25) is 0 Å². The van der Waals surface area contributed by atoms with Gasteiger partial charge in [0.15, 0.2) is 5.78 Å². The zero-order valence-corrected chi connectivity index (χ0v) is 16.7. The molecule has 4 heteroatoms. The third-order valence-electron chi connectivity index (χ3n) is 6.79. The summed E-state index contributed by atoms with van der Waals surface area (Å²) in [6, 6.07) is 0. The first-order valence-electron chi connectivity index (χ1n) is 9.68. The summed E-state index contributed by atoms with van der Waals surface area (Å²) in [5.74, 6) is 0.0751. The molecule has 0 spiro atoms. The topological polar surface area (TPSA) is 60.4 Å². The Hall–Kier alpha value is -1.71. The first kappa shape index (κ1) is 19.1. The Bertz CT molecular complexity index is 712. The third-order valence-corrected chi connectivity index (χ3v) is 6.79. The van der Waals surface area contributed by atoms with E-state index in [0.717, 1.165) is 11.1 Å². The number of hydrogen-bond acceptors (Lipinski definition) is 4. The Kier molecular flexibility index (Phi) is 4.74. The molecule has 0 heterocycles. The number of carbonyl (C=O) groups excluding carboxylic acids is 3. The smallest absolute Gasteiger partial charge is 0.303 e. The van der Waals surface area contributed by atoms with Gasteiger partial charge in [0.25, 0.3) is 0 Å². The molecule has 2 fully saturated rings. The SMILES string of the molecule is CC(=O)O[C@H]1/C2=C/[C@@H](C)C(=O)C[C@H]3[C@@H](/C=C(\C)C(=O)[C@H]2C[C@H]1C)C3(C)C. The summed E-state index contributed by atoms with van der Waals surface area (Å²) < 4.78 is 5.53. The minimum Gasteiger partial charge on any atom is -0.458 e. The Morgan fingerprint density at radius 3 is 2.46 bits per heavy atom. The molecule has 142 valence electrons. The van der Waals surface area contributed by atoms with Crippen LogP contribution in [-0.4, -0.2) is 23.6 Å². The molecule has 4 nitrogen and oxygen atoms in total. The molecular weight excluding hydrogens is 328 g/mol. The van der Waals surface area contributed by atoms with Crippen molar-refractivity contribution in [3.63, 3.8) is 0 Å². The van der Waals surface area contributed by atoms with E-state index in [4.69, 9.17) is 4.74 Å². The molecule has 0 amide bonds. The van der Waals surface area contributed by atoms with Gasteiger partial charge in [0.1, 0.15) is 11.9 Å². The van der Waals surface area contributed by atoms with Crippen molar-refractivity contribution in [2.75, 3.05) is 0 Å². The minimum atomic E-state index is -0.406. The molecule has 0 bridgehead atoms. The van der Waals surface area contributed by atoms with E-state index in [-0.39, 0.29) is 46.6 Å². The summed E-state index contributed by atoms with van der Waals surface area (Å²) in [5.41, 5.74) is 1.67. The second kappa shape index (κ2) is 6.47. The van der Waals surface area contributed by atoms with Crippen LogP contribution >= 0.6 is 0 Å². The molecule has 3 rings (SSSR count). The lowest BCUT2D eigenvalue weighted by Crippen LogP contribution is -2.24. The highest BCUT2D eigenvalue weighted by Gasteiger charge is 2.57. The van der Waals surface area contributed by atoms with E-state index in [1.165, 1.54) is 6.92 Å². The summed E-state index contributed by atoms with van der Waals surface area (Å²) >= 11 is 0. The fourth-order valence-corrected chi connectivity index (χ4v) is 4.91. The molecule has 0 aromatic carbocycles. The molecule has 0 saturated heterocycles. The summed E-state index contributed by atoms with van der Waals surface area (Å²) in [5, 5.41) is 0. The highest BCUT2D eigenvalue weighted by Crippen LogP contribution is 2.61. The van der Waals surface area contributed by atoms with Gasteiger partial charge in [0.05, 0.1) is 0 Å². The predicted molar refractivity (Wildman–Crippen MR) is 99.2 cm³/mol. The molecule has 0 aromatic heterocycles. The molecular formula is C22H30O4. The number of hydrogen-bond donors (Lipinski definition) is 0. The third kappa shape index (κ3) is 3.19. The van der Waals surface area contributed by atoms with Crippen molar-refractivity contribution < 1.29 is 19.1 Å². The lowest BCUT2D eigenvalue weighted by atomic mass is 9.88. The van der Waals surface area contributed by atoms with Gasteiger partial charge < -0.3 is 4.74 Å². The normalized spacial score (nSPS) is 43.2. The Morgan fingerprint density at radius 1 is 1.19 bits per heavy atom. The van der Waals surface area contributed by atoms with Gasteiger partial charge in [0, 0.05) is 25.2 Å². The van der Waals surface area contributed by atoms with Crippen LogP contribution in [0.2, 0.25) is 0 Å². The number of ether oxygens (including phenoxy) is 1. The van der Waals surface area contributed by atoms with Crippen LogP contribution in [0.1, 0.15) is 54.4 Å². The fraction of sp³-hybridized carbons (Fsp3) is 0.682.